The zero-order valence-electron chi connectivity index (χ0n) is 10.1. The van der Waals surface area contributed by atoms with E-state index in [0.29, 0.717) is 17.7 Å². The van der Waals surface area contributed by atoms with Gasteiger partial charge in [0.25, 0.3) is 0 Å². The molecule has 2 heterocycles. The number of carbonyl (C=O) groups is 1. The number of halogens is 2. The molecule has 0 radical (unpaired) electrons. The van der Waals surface area contributed by atoms with E-state index in [1.165, 1.54) is 4.88 Å². The molecule has 2 nitrogen and oxygen atoms in total. The first-order valence-electron chi connectivity index (χ1n) is 5.80. The van der Waals surface area contributed by atoms with Gasteiger partial charge in [-0.25, -0.2) is 0 Å². The molecule has 0 saturated carbocycles. The van der Waals surface area contributed by atoms with Gasteiger partial charge in [0.1, 0.15) is 11.9 Å². The Balaban J connectivity index is 1.97. The predicted molar refractivity (Wildman–Crippen MR) is 83.2 cm³/mol. The predicted octanol–water partition coefficient (Wildman–Crippen LogP) is 5.29. The van der Waals surface area contributed by atoms with Gasteiger partial charge in [-0.3, -0.25) is 4.79 Å². The van der Waals surface area contributed by atoms with Crippen molar-refractivity contribution in [2.45, 2.75) is 19.4 Å². The Bertz CT molecular complexity index is 644. The highest BCUT2D eigenvalue weighted by molar-refractivity contribution is 9.10. The summed E-state index contributed by atoms with van der Waals surface area (Å²) < 4.78 is 7.93. The SMILES string of the molecule is Cc1sc(C2CC(=O)c3cc(Br)ccc3O2)cc1Br. The molecule has 1 aromatic heterocycles. The summed E-state index contributed by atoms with van der Waals surface area (Å²) in [6.07, 6.45) is 0.228. The molecule has 0 amide bonds. The lowest BCUT2D eigenvalue weighted by atomic mass is 10.00. The van der Waals surface area contributed by atoms with Gasteiger partial charge in [0, 0.05) is 18.7 Å². The third-order valence-corrected chi connectivity index (χ3v) is 5.80. The van der Waals surface area contributed by atoms with E-state index in [4.69, 9.17) is 4.74 Å². The van der Waals surface area contributed by atoms with Crippen molar-refractivity contribution in [3.05, 3.63) is 48.5 Å². The number of carbonyl (C=O) groups excluding carboxylic acids is 1. The summed E-state index contributed by atoms with van der Waals surface area (Å²) >= 11 is 8.55. The Morgan fingerprint density at radius 2 is 2.11 bits per heavy atom. The lowest BCUT2D eigenvalue weighted by Crippen LogP contribution is -2.19. The van der Waals surface area contributed by atoms with E-state index in [9.17, 15) is 4.79 Å². The van der Waals surface area contributed by atoms with Crippen LogP contribution in [0.5, 0.6) is 5.75 Å². The van der Waals surface area contributed by atoms with Crippen LogP contribution in [0.25, 0.3) is 0 Å². The molecule has 0 aliphatic carbocycles. The van der Waals surface area contributed by atoms with Crippen LogP contribution < -0.4 is 4.74 Å². The fourth-order valence-corrected chi connectivity index (χ4v) is 4.05. The molecule has 19 heavy (non-hydrogen) atoms. The Morgan fingerprint density at radius 1 is 1.32 bits per heavy atom. The maximum atomic E-state index is 12.2. The molecule has 1 atom stereocenters. The minimum absolute atomic E-state index is 0.134. The monoisotopic (exact) mass is 400 g/mol. The fraction of sp³-hybridized carbons (Fsp3) is 0.214. The standard InChI is InChI=1S/C14H10Br2O2S/c1-7-10(16)5-14(19-7)13-6-11(17)9-4-8(15)2-3-12(9)18-13/h2-5,13H,6H2,1H3. The Kier molecular flexibility index (Phi) is 3.53. The average molecular weight is 402 g/mol. The second kappa shape index (κ2) is 5.04. The summed E-state index contributed by atoms with van der Waals surface area (Å²) in [6.45, 7) is 2.05. The molecule has 0 N–H and O–H groups in total. The molecule has 0 fully saturated rings. The summed E-state index contributed by atoms with van der Waals surface area (Å²) in [6, 6.07) is 7.61. The van der Waals surface area contributed by atoms with Crippen LogP contribution in [-0.2, 0) is 0 Å². The van der Waals surface area contributed by atoms with Crippen molar-refractivity contribution in [2.24, 2.45) is 0 Å². The first-order valence-corrected chi connectivity index (χ1v) is 8.20. The molecule has 5 heteroatoms. The summed E-state index contributed by atoms with van der Waals surface area (Å²) in [4.78, 5) is 14.5. The molecule has 2 aromatic rings. The molecule has 1 aromatic carbocycles. The van der Waals surface area contributed by atoms with Gasteiger partial charge < -0.3 is 4.74 Å². The van der Waals surface area contributed by atoms with Gasteiger partial charge in [0.2, 0.25) is 0 Å². The topological polar surface area (TPSA) is 26.3 Å². The van der Waals surface area contributed by atoms with Gasteiger partial charge in [0.15, 0.2) is 5.78 Å². The van der Waals surface area contributed by atoms with E-state index in [1.807, 2.05) is 31.2 Å². The number of benzene rings is 1. The van der Waals surface area contributed by atoms with E-state index in [-0.39, 0.29) is 11.9 Å². The first-order chi connectivity index (χ1) is 9.04. The van der Waals surface area contributed by atoms with Crippen molar-refractivity contribution in [1.29, 1.82) is 0 Å². The maximum absolute atomic E-state index is 12.2. The Labute approximate surface area is 132 Å². The number of ether oxygens (including phenoxy) is 1. The van der Waals surface area contributed by atoms with Crippen molar-refractivity contribution in [3.8, 4) is 5.75 Å². The van der Waals surface area contributed by atoms with Gasteiger partial charge in [-0.2, -0.15) is 0 Å². The molecule has 1 unspecified atom stereocenters. The number of rotatable bonds is 1. The van der Waals surface area contributed by atoms with Crippen LogP contribution >= 0.6 is 43.2 Å². The summed E-state index contributed by atoms with van der Waals surface area (Å²) in [5, 5.41) is 0. The van der Waals surface area contributed by atoms with E-state index < -0.39 is 0 Å². The summed E-state index contributed by atoms with van der Waals surface area (Å²) in [5.74, 6) is 0.807. The number of Topliss-reactive ketones (excluding diaryl/α,β-unsaturated/α-hetero) is 1. The van der Waals surface area contributed by atoms with Crippen molar-refractivity contribution in [1.82, 2.24) is 0 Å². The molecule has 0 spiro atoms. The molecule has 0 saturated heterocycles. The van der Waals surface area contributed by atoms with Crippen LogP contribution in [-0.4, -0.2) is 5.78 Å². The highest BCUT2D eigenvalue weighted by Gasteiger charge is 2.29. The van der Waals surface area contributed by atoms with Crippen LogP contribution in [0, 0.1) is 6.92 Å². The Hall–Kier alpha value is -0.650. The number of aryl methyl sites for hydroxylation is 1. The third kappa shape index (κ3) is 2.51. The van der Waals surface area contributed by atoms with E-state index in [2.05, 4.69) is 31.9 Å². The quantitative estimate of drug-likeness (QED) is 0.648. The second-order valence-corrected chi connectivity index (χ2v) is 7.49. The molecule has 3 rings (SSSR count). The zero-order valence-corrected chi connectivity index (χ0v) is 14.1. The number of hydrogen-bond donors (Lipinski definition) is 0. The molecule has 1 aliphatic rings. The largest absolute Gasteiger partial charge is 0.484 e. The van der Waals surface area contributed by atoms with Crippen molar-refractivity contribution >= 4 is 49.0 Å². The number of thiophene rings is 1. The van der Waals surface area contributed by atoms with Gasteiger partial charge >= 0.3 is 0 Å². The van der Waals surface area contributed by atoms with E-state index in [1.54, 1.807) is 11.3 Å². The minimum Gasteiger partial charge on any atom is -0.484 e. The third-order valence-electron chi connectivity index (χ3n) is 3.08. The van der Waals surface area contributed by atoms with Crippen LogP contribution in [0.4, 0.5) is 0 Å². The van der Waals surface area contributed by atoms with E-state index in [0.717, 1.165) is 13.8 Å². The molecule has 1 aliphatic heterocycles. The second-order valence-electron chi connectivity index (χ2n) is 4.43. The number of hydrogen-bond acceptors (Lipinski definition) is 3. The van der Waals surface area contributed by atoms with Crippen LogP contribution in [0.15, 0.2) is 33.2 Å². The lowest BCUT2D eigenvalue weighted by molar-refractivity contribution is 0.0854. The Morgan fingerprint density at radius 3 is 2.79 bits per heavy atom. The van der Waals surface area contributed by atoms with Gasteiger partial charge in [0.05, 0.1) is 12.0 Å². The molecule has 0 bridgehead atoms. The van der Waals surface area contributed by atoms with Crippen LogP contribution in [0.3, 0.4) is 0 Å². The smallest absolute Gasteiger partial charge is 0.170 e. The van der Waals surface area contributed by atoms with Gasteiger partial charge in [-0.05, 0) is 47.1 Å². The zero-order chi connectivity index (χ0) is 13.6. The van der Waals surface area contributed by atoms with E-state index >= 15 is 0 Å². The first kappa shape index (κ1) is 13.3. The lowest BCUT2D eigenvalue weighted by Gasteiger charge is -2.24. The highest BCUT2D eigenvalue weighted by atomic mass is 79.9. The minimum atomic E-state index is -0.170. The van der Waals surface area contributed by atoms with Crippen molar-refractivity contribution in [2.75, 3.05) is 0 Å². The number of fused-ring (bicyclic) bond motifs is 1. The van der Waals surface area contributed by atoms with Crippen LogP contribution in [0.2, 0.25) is 0 Å². The van der Waals surface area contributed by atoms with Crippen molar-refractivity contribution < 1.29 is 9.53 Å². The summed E-state index contributed by atoms with van der Waals surface area (Å²) in [7, 11) is 0. The number of ketones is 1. The van der Waals surface area contributed by atoms with Crippen LogP contribution in [0.1, 0.15) is 32.6 Å². The summed E-state index contributed by atoms with van der Waals surface area (Å²) in [5.41, 5.74) is 0.665. The maximum Gasteiger partial charge on any atom is 0.170 e. The van der Waals surface area contributed by atoms with Crippen molar-refractivity contribution in [3.63, 3.8) is 0 Å². The fourth-order valence-electron chi connectivity index (χ4n) is 2.10. The molecule has 98 valence electrons. The normalized spacial score (nSPS) is 18.1. The average Bonchev–Trinajstić information content (AvgIpc) is 2.70. The van der Waals surface area contributed by atoms with Gasteiger partial charge in [-0.15, -0.1) is 11.3 Å². The molecular weight excluding hydrogens is 392 g/mol. The highest BCUT2D eigenvalue weighted by Crippen LogP contribution is 2.40. The van der Waals surface area contributed by atoms with Gasteiger partial charge in [-0.1, -0.05) is 15.9 Å². The molecular formula is C14H10Br2O2S.